The summed E-state index contributed by atoms with van der Waals surface area (Å²) in [4.78, 5) is 28.6. The molecule has 6 nitrogen and oxygen atoms in total. The van der Waals surface area contributed by atoms with Crippen molar-refractivity contribution in [1.29, 1.82) is 0 Å². The van der Waals surface area contributed by atoms with Crippen molar-refractivity contribution in [2.45, 2.75) is 32.1 Å². The minimum Gasteiger partial charge on any atom is -0.344 e. The number of pyridine rings is 1. The van der Waals surface area contributed by atoms with Crippen LogP contribution in [0, 0.1) is 5.92 Å². The molecule has 0 saturated heterocycles. The molecule has 1 aliphatic carbocycles. The minimum absolute atomic E-state index is 0.0612. The third-order valence-electron chi connectivity index (χ3n) is 4.60. The molecule has 25 heavy (non-hydrogen) atoms. The molecule has 0 aliphatic heterocycles. The second-order valence-corrected chi connectivity index (χ2v) is 6.71. The van der Waals surface area contributed by atoms with Crippen LogP contribution in [0.3, 0.4) is 0 Å². The maximum absolute atomic E-state index is 12.4. The first kappa shape index (κ1) is 16.0. The number of fused-ring (bicyclic) bond motifs is 1. The predicted octanol–water partition coefficient (Wildman–Crippen LogP) is 4.19. The maximum Gasteiger partial charge on any atom is 0.228 e. The fourth-order valence-corrected chi connectivity index (χ4v) is 3.45. The standard InChI is InChI=1S/C18H18ClN5O/c19-14-10-21-17-16(23-14)12(9-20-17)13-7-4-8-15(22-13)24-18(25)11-5-2-1-3-6-11/h4,7-11H,1-3,5-6H2,(H,20,21)(H,22,24,25). The number of aromatic nitrogens is 4. The third-order valence-corrected chi connectivity index (χ3v) is 4.79. The SMILES string of the molecule is O=C(Nc1cccc(-c2c[nH]c3ncc(Cl)nc23)n1)C1CCCCC1. The van der Waals surface area contributed by atoms with E-state index in [1.54, 1.807) is 12.3 Å². The average Bonchev–Trinajstić information content (AvgIpc) is 3.05. The van der Waals surface area contributed by atoms with E-state index in [1.165, 1.54) is 12.6 Å². The molecule has 3 aromatic rings. The predicted molar refractivity (Wildman–Crippen MR) is 97.3 cm³/mol. The number of amides is 1. The number of rotatable bonds is 3. The van der Waals surface area contributed by atoms with Crippen molar-refractivity contribution in [1.82, 2.24) is 19.9 Å². The summed E-state index contributed by atoms with van der Waals surface area (Å²) in [6.45, 7) is 0. The van der Waals surface area contributed by atoms with E-state index in [0.717, 1.165) is 31.2 Å². The van der Waals surface area contributed by atoms with Crippen LogP contribution in [0.1, 0.15) is 32.1 Å². The number of hydrogen-bond acceptors (Lipinski definition) is 4. The molecule has 4 rings (SSSR count). The monoisotopic (exact) mass is 355 g/mol. The summed E-state index contributed by atoms with van der Waals surface area (Å²) in [6, 6.07) is 5.55. The molecule has 1 fully saturated rings. The smallest absolute Gasteiger partial charge is 0.228 e. The van der Waals surface area contributed by atoms with E-state index in [4.69, 9.17) is 11.6 Å². The Morgan fingerprint density at radius 3 is 2.88 bits per heavy atom. The summed E-state index contributed by atoms with van der Waals surface area (Å²) < 4.78 is 0. The fourth-order valence-electron chi connectivity index (χ4n) is 3.31. The summed E-state index contributed by atoms with van der Waals surface area (Å²) >= 11 is 5.96. The van der Waals surface area contributed by atoms with Crippen molar-refractivity contribution < 1.29 is 4.79 Å². The van der Waals surface area contributed by atoms with Gasteiger partial charge in [-0.2, -0.15) is 0 Å². The highest BCUT2D eigenvalue weighted by Gasteiger charge is 2.21. The van der Waals surface area contributed by atoms with Gasteiger partial charge in [-0.15, -0.1) is 0 Å². The van der Waals surface area contributed by atoms with Gasteiger partial charge in [0.05, 0.1) is 11.9 Å². The first-order valence-corrected chi connectivity index (χ1v) is 8.86. The summed E-state index contributed by atoms with van der Waals surface area (Å²) in [5, 5.41) is 3.28. The molecule has 0 atom stereocenters. The molecule has 1 saturated carbocycles. The normalized spacial score (nSPS) is 15.4. The summed E-state index contributed by atoms with van der Waals surface area (Å²) in [7, 11) is 0. The molecule has 0 radical (unpaired) electrons. The third kappa shape index (κ3) is 3.35. The highest BCUT2D eigenvalue weighted by atomic mass is 35.5. The Labute approximate surface area is 150 Å². The first-order chi connectivity index (χ1) is 12.2. The molecular formula is C18H18ClN5O. The zero-order chi connectivity index (χ0) is 17.2. The Balaban J connectivity index is 1.60. The van der Waals surface area contributed by atoms with Gasteiger partial charge < -0.3 is 10.3 Å². The maximum atomic E-state index is 12.4. The second kappa shape index (κ2) is 6.80. The number of carbonyl (C=O) groups is 1. The molecule has 0 aromatic carbocycles. The van der Waals surface area contributed by atoms with Crippen LogP contribution in [0.2, 0.25) is 5.15 Å². The summed E-state index contributed by atoms with van der Waals surface area (Å²) in [5.74, 6) is 0.709. The van der Waals surface area contributed by atoms with Crippen molar-refractivity contribution in [3.05, 3.63) is 35.7 Å². The van der Waals surface area contributed by atoms with Crippen LogP contribution in [-0.4, -0.2) is 25.8 Å². The molecule has 1 amide bonds. The molecule has 2 N–H and O–H groups in total. The van der Waals surface area contributed by atoms with Gasteiger partial charge in [-0.05, 0) is 25.0 Å². The Morgan fingerprint density at radius 2 is 2.04 bits per heavy atom. The number of halogens is 1. The van der Waals surface area contributed by atoms with E-state index in [2.05, 4.69) is 25.3 Å². The number of nitrogens with one attached hydrogen (secondary N) is 2. The van der Waals surface area contributed by atoms with Gasteiger partial charge in [-0.3, -0.25) is 4.79 Å². The van der Waals surface area contributed by atoms with Crippen LogP contribution < -0.4 is 5.32 Å². The Morgan fingerprint density at radius 1 is 1.20 bits per heavy atom. The average molecular weight is 356 g/mol. The molecule has 1 aliphatic rings. The summed E-state index contributed by atoms with van der Waals surface area (Å²) in [6.07, 6.45) is 8.70. The number of aromatic amines is 1. The molecular weight excluding hydrogens is 338 g/mol. The highest BCUT2D eigenvalue weighted by Crippen LogP contribution is 2.28. The number of anilines is 1. The van der Waals surface area contributed by atoms with Crippen molar-refractivity contribution in [2.75, 3.05) is 5.32 Å². The molecule has 7 heteroatoms. The molecule has 128 valence electrons. The second-order valence-electron chi connectivity index (χ2n) is 6.32. The van der Waals surface area contributed by atoms with Crippen LogP contribution in [0.25, 0.3) is 22.4 Å². The van der Waals surface area contributed by atoms with Gasteiger partial charge in [0.25, 0.3) is 0 Å². The van der Waals surface area contributed by atoms with Gasteiger partial charge in [0.2, 0.25) is 5.91 Å². The van der Waals surface area contributed by atoms with Crippen LogP contribution in [0.15, 0.2) is 30.6 Å². The van der Waals surface area contributed by atoms with Gasteiger partial charge in [-0.25, -0.2) is 15.0 Å². The van der Waals surface area contributed by atoms with Crippen LogP contribution in [0.5, 0.6) is 0 Å². The van der Waals surface area contributed by atoms with Crippen molar-refractivity contribution >= 4 is 34.5 Å². The lowest BCUT2D eigenvalue weighted by atomic mass is 9.89. The molecule has 0 bridgehead atoms. The van der Waals surface area contributed by atoms with E-state index in [-0.39, 0.29) is 11.8 Å². The van der Waals surface area contributed by atoms with E-state index < -0.39 is 0 Å². The van der Waals surface area contributed by atoms with Gasteiger partial charge in [0, 0.05) is 17.7 Å². The zero-order valence-electron chi connectivity index (χ0n) is 13.6. The van der Waals surface area contributed by atoms with E-state index in [0.29, 0.717) is 27.8 Å². The van der Waals surface area contributed by atoms with Crippen LogP contribution in [-0.2, 0) is 4.79 Å². The number of hydrogen-bond donors (Lipinski definition) is 2. The van der Waals surface area contributed by atoms with Gasteiger partial charge in [0.15, 0.2) is 5.65 Å². The molecule has 3 aromatic heterocycles. The lowest BCUT2D eigenvalue weighted by molar-refractivity contribution is -0.120. The largest absolute Gasteiger partial charge is 0.344 e. The zero-order valence-corrected chi connectivity index (χ0v) is 14.4. The Hall–Kier alpha value is -2.47. The topological polar surface area (TPSA) is 83.6 Å². The Bertz CT molecular complexity index is 917. The van der Waals surface area contributed by atoms with E-state index in [9.17, 15) is 4.79 Å². The van der Waals surface area contributed by atoms with Crippen LogP contribution in [0.4, 0.5) is 5.82 Å². The molecule has 3 heterocycles. The van der Waals surface area contributed by atoms with E-state index >= 15 is 0 Å². The first-order valence-electron chi connectivity index (χ1n) is 8.48. The van der Waals surface area contributed by atoms with Gasteiger partial charge in [-0.1, -0.05) is 36.9 Å². The van der Waals surface area contributed by atoms with Crippen molar-refractivity contribution in [2.24, 2.45) is 5.92 Å². The molecule has 0 spiro atoms. The quantitative estimate of drug-likeness (QED) is 0.737. The number of carbonyl (C=O) groups excluding carboxylic acids is 1. The highest BCUT2D eigenvalue weighted by molar-refractivity contribution is 6.29. The van der Waals surface area contributed by atoms with Gasteiger partial charge >= 0.3 is 0 Å². The Kier molecular flexibility index (Phi) is 4.36. The van der Waals surface area contributed by atoms with E-state index in [1.807, 2.05) is 12.1 Å². The lowest BCUT2D eigenvalue weighted by Crippen LogP contribution is -2.25. The van der Waals surface area contributed by atoms with Crippen LogP contribution >= 0.6 is 11.6 Å². The summed E-state index contributed by atoms with van der Waals surface area (Å²) in [5.41, 5.74) is 2.83. The van der Waals surface area contributed by atoms with Crippen molar-refractivity contribution in [3.8, 4) is 11.3 Å². The van der Waals surface area contributed by atoms with Gasteiger partial charge in [0.1, 0.15) is 16.5 Å². The molecule has 0 unspecified atom stereocenters. The van der Waals surface area contributed by atoms with Crippen molar-refractivity contribution in [3.63, 3.8) is 0 Å². The number of nitrogens with zero attached hydrogens (tertiary/aromatic N) is 3. The fraction of sp³-hybridized carbons (Fsp3) is 0.333. The minimum atomic E-state index is 0.0612. The number of H-pyrrole nitrogens is 1. The lowest BCUT2D eigenvalue weighted by Gasteiger charge is -2.20.